The molecule has 2 aromatic rings. The maximum Gasteiger partial charge on any atom is 0.490 e. The zero-order chi connectivity index (χ0) is 26.2. The van der Waals surface area contributed by atoms with Crippen LogP contribution in [0.2, 0.25) is 0 Å². The Labute approximate surface area is 209 Å². The summed E-state index contributed by atoms with van der Waals surface area (Å²) in [5, 5.41) is 10.3. The van der Waals surface area contributed by atoms with Gasteiger partial charge in [0.15, 0.2) is 0 Å². The summed E-state index contributed by atoms with van der Waals surface area (Å²) in [5.74, 6) is -2.93. The molecule has 1 amide bonds. The van der Waals surface area contributed by atoms with Crippen molar-refractivity contribution in [3.8, 4) is 0 Å². The highest BCUT2D eigenvalue weighted by Crippen LogP contribution is 2.21. The highest BCUT2D eigenvalue weighted by atomic mass is 79.9. The van der Waals surface area contributed by atoms with E-state index in [2.05, 4.69) is 21.2 Å². The van der Waals surface area contributed by atoms with E-state index in [9.17, 15) is 26.4 Å². The zero-order valence-corrected chi connectivity index (χ0v) is 21.2. The van der Waals surface area contributed by atoms with Crippen molar-refractivity contribution in [3.63, 3.8) is 0 Å². The minimum atomic E-state index is -5.08. The van der Waals surface area contributed by atoms with Gasteiger partial charge >= 0.3 is 12.1 Å². The van der Waals surface area contributed by atoms with Crippen LogP contribution in [0.15, 0.2) is 57.9 Å². The number of amides is 1. The highest BCUT2D eigenvalue weighted by molar-refractivity contribution is 9.10. The molecule has 0 atom stereocenters. The first-order valence-corrected chi connectivity index (χ1v) is 12.6. The molecule has 0 unspecified atom stereocenters. The van der Waals surface area contributed by atoms with Crippen LogP contribution in [0.1, 0.15) is 11.1 Å². The summed E-state index contributed by atoms with van der Waals surface area (Å²) in [5.41, 5.74) is 1.90. The molecule has 192 valence electrons. The molecule has 0 bridgehead atoms. The molecule has 0 spiro atoms. The number of carbonyl (C=O) groups is 2. The number of carbonyl (C=O) groups excluding carboxylic acids is 1. The van der Waals surface area contributed by atoms with E-state index >= 15 is 0 Å². The summed E-state index contributed by atoms with van der Waals surface area (Å²) < 4.78 is 60.4. The number of hydrogen-bond acceptors (Lipinski definition) is 5. The summed E-state index contributed by atoms with van der Waals surface area (Å²) in [6.07, 6.45) is -5.08. The van der Waals surface area contributed by atoms with Crippen molar-refractivity contribution in [2.24, 2.45) is 0 Å². The van der Waals surface area contributed by atoms with Gasteiger partial charge in [0.25, 0.3) is 0 Å². The van der Waals surface area contributed by atoms with E-state index in [0.29, 0.717) is 13.1 Å². The van der Waals surface area contributed by atoms with Gasteiger partial charge in [-0.15, -0.1) is 0 Å². The van der Waals surface area contributed by atoms with Crippen molar-refractivity contribution in [1.29, 1.82) is 0 Å². The number of aryl methyl sites for hydroxylation is 1. The minimum absolute atomic E-state index is 0.151. The molecule has 1 aliphatic heterocycles. The number of carboxylic acid groups (broad SMARTS) is 1. The molecule has 3 rings (SSSR count). The van der Waals surface area contributed by atoms with Crippen molar-refractivity contribution < 1.29 is 36.3 Å². The second-order valence-corrected chi connectivity index (χ2v) is 10.5. The minimum Gasteiger partial charge on any atom is -0.475 e. The molecular formula is C22H25BrF3N3O5S. The largest absolute Gasteiger partial charge is 0.490 e. The fourth-order valence-electron chi connectivity index (χ4n) is 3.16. The third kappa shape index (κ3) is 8.91. The van der Waals surface area contributed by atoms with Gasteiger partial charge in [-0.3, -0.25) is 4.79 Å². The number of carboxylic acids is 1. The normalized spacial score (nSPS) is 14.3. The SMILES string of the molecule is Cc1cccc(CN(CC(=O)N2CCNCC2)S(=O)(=O)c2ccc(Br)cc2)c1.O=C(O)C(F)(F)F. The Morgan fingerprint density at radius 2 is 1.69 bits per heavy atom. The molecule has 1 aliphatic rings. The lowest BCUT2D eigenvalue weighted by atomic mass is 10.1. The fraction of sp³-hybridized carbons (Fsp3) is 0.364. The monoisotopic (exact) mass is 579 g/mol. The first-order chi connectivity index (χ1) is 16.3. The predicted molar refractivity (Wildman–Crippen MR) is 126 cm³/mol. The quantitative estimate of drug-likeness (QED) is 0.545. The number of rotatable bonds is 6. The van der Waals surface area contributed by atoms with Crippen molar-refractivity contribution in [1.82, 2.24) is 14.5 Å². The molecular weight excluding hydrogens is 555 g/mol. The van der Waals surface area contributed by atoms with Crippen molar-refractivity contribution in [2.75, 3.05) is 32.7 Å². The lowest BCUT2D eigenvalue weighted by Gasteiger charge is -2.30. The standard InChI is InChI=1S/C20H24BrN3O3S.C2HF3O2/c1-16-3-2-4-17(13-16)14-24(15-20(25)23-11-9-22-10-12-23)28(26,27)19-7-5-18(21)6-8-19;3-2(4,5)1(6)7/h2-8,13,22H,9-12,14-15H2,1H3;(H,6,7). The number of nitrogens with one attached hydrogen (secondary N) is 1. The van der Waals surface area contributed by atoms with Crippen LogP contribution < -0.4 is 5.32 Å². The Hall–Kier alpha value is -2.48. The second kappa shape index (κ2) is 12.5. The fourth-order valence-corrected chi connectivity index (χ4v) is 4.80. The molecule has 0 radical (unpaired) electrons. The number of nitrogens with zero attached hydrogens (tertiary/aromatic N) is 2. The summed E-state index contributed by atoms with van der Waals surface area (Å²) in [6, 6.07) is 14.2. The summed E-state index contributed by atoms with van der Waals surface area (Å²) >= 11 is 3.33. The Morgan fingerprint density at radius 3 is 2.20 bits per heavy atom. The lowest BCUT2D eigenvalue weighted by molar-refractivity contribution is -0.192. The Kier molecular flexibility index (Phi) is 10.2. The molecule has 1 fully saturated rings. The predicted octanol–water partition coefficient (Wildman–Crippen LogP) is 3.01. The highest BCUT2D eigenvalue weighted by Gasteiger charge is 2.38. The first-order valence-electron chi connectivity index (χ1n) is 10.4. The van der Waals surface area contributed by atoms with Crippen LogP contribution in [-0.2, 0) is 26.2 Å². The van der Waals surface area contributed by atoms with Crippen molar-refractivity contribution >= 4 is 37.8 Å². The lowest BCUT2D eigenvalue weighted by Crippen LogP contribution is -2.50. The van der Waals surface area contributed by atoms with E-state index in [1.54, 1.807) is 29.2 Å². The average Bonchev–Trinajstić information content (AvgIpc) is 2.79. The van der Waals surface area contributed by atoms with Gasteiger partial charge in [-0.1, -0.05) is 45.8 Å². The smallest absolute Gasteiger partial charge is 0.475 e. The van der Waals surface area contributed by atoms with Crippen LogP contribution in [0.3, 0.4) is 0 Å². The van der Waals surface area contributed by atoms with E-state index in [-0.39, 0.29) is 23.9 Å². The summed E-state index contributed by atoms with van der Waals surface area (Å²) in [6.45, 7) is 4.57. The third-order valence-electron chi connectivity index (χ3n) is 4.92. The van der Waals surface area contributed by atoms with Gasteiger partial charge in [-0.25, -0.2) is 13.2 Å². The summed E-state index contributed by atoms with van der Waals surface area (Å²) in [7, 11) is -3.81. The first kappa shape index (κ1) is 28.8. The molecule has 2 N–H and O–H groups in total. The maximum atomic E-state index is 13.3. The third-order valence-corrected chi connectivity index (χ3v) is 7.25. The van der Waals surface area contributed by atoms with Crippen LogP contribution in [0.5, 0.6) is 0 Å². The van der Waals surface area contributed by atoms with Gasteiger partial charge in [0.2, 0.25) is 15.9 Å². The van der Waals surface area contributed by atoms with E-state index in [1.165, 1.54) is 4.31 Å². The second-order valence-electron chi connectivity index (χ2n) is 7.65. The Balaban J connectivity index is 0.000000540. The van der Waals surface area contributed by atoms with Gasteiger partial charge in [-0.2, -0.15) is 17.5 Å². The number of sulfonamides is 1. The number of aliphatic carboxylic acids is 1. The van der Waals surface area contributed by atoms with Crippen molar-refractivity contribution in [2.45, 2.75) is 24.5 Å². The molecule has 0 aromatic heterocycles. The van der Waals surface area contributed by atoms with Crippen LogP contribution in [0.4, 0.5) is 13.2 Å². The van der Waals surface area contributed by atoms with Gasteiger partial charge in [0.1, 0.15) is 0 Å². The molecule has 1 saturated heterocycles. The topological polar surface area (TPSA) is 107 Å². The number of piperazine rings is 1. The van der Waals surface area contributed by atoms with E-state index in [1.807, 2.05) is 31.2 Å². The van der Waals surface area contributed by atoms with E-state index < -0.39 is 22.2 Å². The Morgan fingerprint density at radius 1 is 1.11 bits per heavy atom. The molecule has 0 saturated carbocycles. The van der Waals surface area contributed by atoms with Crippen LogP contribution >= 0.6 is 15.9 Å². The number of hydrogen-bond donors (Lipinski definition) is 2. The van der Waals surface area contributed by atoms with Gasteiger partial charge in [0.05, 0.1) is 11.4 Å². The number of benzene rings is 2. The van der Waals surface area contributed by atoms with Crippen LogP contribution in [-0.4, -0.2) is 73.5 Å². The number of halogens is 4. The zero-order valence-electron chi connectivity index (χ0n) is 18.8. The van der Waals surface area contributed by atoms with Gasteiger partial charge in [-0.05, 0) is 36.8 Å². The van der Waals surface area contributed by atoms with Gasteiger partial charge in [0, 0.05) is 37.2 Å². The van der Waals surface area contributed by atoms with Crippen LogP contribution in [0.25, 0.3) is 0 Å². The molecule has 1 heterocycles. The molecule has 35 heavy (non-hydrogen) atoms. The van der Waals surface area contributed by atoms with E-state index in [0.717, 1.165) is 28.7 Å². The Bertz CT molecular complexity index is 1120. The summed E-state index contributed by atoms with van der Waals surface area (Å²) in [4.78, 5) is 23.6. The van der Waals surface area contributed by atoms with Crippen LogP contribution in [0, 0.1) is 6.92 Å². The van der Waals surface area contributed by atoms with E-state index in [4.69, 9.17) is 9.90 Å². The molecule has 13 heteroatoms. The average molecular weight is 580 g/mol. The molecule has 2 aromatic carbocycles. The maximum absolute atomic E-state index is 13.3. The molecule has 0 aliphatic carbocycles. The van der Waals surface area contributed by atoms with Crippen molar-refractivity contribution in [3.05, 3.63) is 64.1 Å². The molecule has 8 nitrogen and oxygen atoms in total. The number of alkyl halides is 3. The van der Waals surface area contributed by atoms with Gasteiger partial charge < -0.3 is 15.3 Å².